The number of hydrogen-bond donors (Lipinski definition) is 4. The predicted octanol–water partition coefficient (Wildman–Crippen LogP) is 2.18. The van der Waals surface area contributed by atoms with E-state index >= 15 is 0 Å². The number of nitrogens with one attached hydrogen (secondary N) is 1. The van der Waals surface area contributed by atoms with Gasteiger partial charge in [0.1, 0.15) is 23.1 Å². The minimum absolute atomic E-state index is 0.00549. The van der Waals surface area contributed by atoms with Gasteiger partial charge in [-0.3, -0.25) is 4.79 Å². The molecule has 1 atom stereocenters. The summed E-state index contributed by atoms with van der Waals surface area (Å²) >= 11 is 0. The molecule has 30 heavy (non-hydrogen) atoms. The summed E-state index contributed by atoms with van der Waals surface area (Å²) < 4.78 is 5.31. The fourth-order valence-electron chi connectivity index (χ4n) is 3.26. The quantitative estimate of drug-likeness (QED) is 0.456. The van der Waals surface area contributed by atoms with Gasteiger partial charge >= 0.3 is 11.6 Å². The molecule has 8 nitrogen and oxygen atoms in total. The molecule has 0 aliphatic rings. The van der Waals surface area contributed by atoms with Crippen molar-refractivity contribution in [2.75, 3.05) is 0 Å². The number of benzene rings is 2. The van der Waals surface area contributed by atoms with Crippen molar-refractivity contribution in [3.8, 4) is 11.5 Å². The average Bonchev–Trinajstić information content (AvgIpc) is 2.69. The molecule has 0 saturated heterocycles. The summed E-state index contributed by atoms with van der Waals surface area (Å²) in [5.74, 6) is -1.80. The summed E-state index contributed by atoms with van der Waals surface area (Å²) in [5.41, 5.74) is 1.23. The van der Waals surface area contributed by atoms with Crippen molar-refractivity contribution in [2.24, 2.45) is 0 Å². The van der Waals surface area contributed by atoms with Gasteiger partial charge in [0.25, 0.3) is 0 Å². The number of carboxylic acids is 1. The zero-order valence-electron chi connectivity index (χ0n) is 16.4. The highest BCUT2D eigenvalue weighted by atomic mass is 16.4. The zero-order chi connectivity index (χ0) is 22.0. The van der Waals surface area contributed by atoms with Crippen molar-refractivity contribution in [3.05, 3.63) is 69.1 Å². The molecular weight excluding hydrogens is 390 g/mol. The number of aryl methyl sites for hydroxylation is 2. The molecule has 0 saturated carbocycles. The summed E-state index contributed by atoms with van der Waals surface area (Å²) in [6, 6.07) is 7.87. The second-order valence-corrected chi connectivity index (χ2v) is 7.09. The van der Waals surface area contributed by atoms with Crippen LogP contribution in [0.5, 0.6) is 11.5 Å². The van der Waals surface area contributed by atoms with Crippen LogP contribution in [0.25, 0.3) is 11.0 Å². The van der Waals surface area contributed by atoms with Crippen LogP contribution >= 0.6 is 0 Å². The van der Waals surface area contributed by atoms with Gasteiger partial charge in [0.2, 0.25) is 5.91 Å². The molecule has 3 aromatic rings. The number of hydrogen-bond acceptors (Lipinski definition) is 6. The fraction of sp³-hybridized carbons (Fsp3) is 0.227. The predicted molar refractivity (Wildman–Crippen MR) is 109 cm³/mol. The standard InChI is InChI=1S/C22H21NO7/c1-11-15-7-8-18(25)12(2)20(15)30-22(29)16(11)10-19(26)23-17(21(27)28)9-13-3-5-14(24)6-4-13/h3-8,17,24-25H,9-10H2,1-2H3,(H,23,26)(H,27,28). The Hall–Kier alpha value is -3.81. The number of phenols is 2. The Morgan fingerprint density at radius 2 is 1.70 bits per heavy atom. The molecule has 8 heteroatoms. The van der Waals surface area contributed by atoms with E-state index in [0.717, 1.165) is 0 Å². The lowest BCUT2D eigenvalue weighted by atomic mass is 10.0. The number of fused-ring (bicyclic) bond motifs is 1. The average molecular weight is 411 g/mol. The van der Waals surface area contributed by atoms with E-state index < -0.39 is 23.5 Å². The molecule has 0 spiro atoms. The highest BCUT2D eigenvalue weighted by Gasteiger charge is 2.23. The normalized spacial score (nSPS) is 11.9. The molecule has 1 unspecified atom stereocenters. The third kappa shape index (κ3) is 4.27. The Labute approximate surface area is 171 Å². The maximum Gasteiger partial charge on any atom is 0.340 e. The molecule has 2 aromatic carbocycles. The Kier molecular flexibility index (Phi) is 5.77. The number of phenolic OH excluding ortho intramolecular Hbond substituents is 2. The van der Waals surface area contributed by atoms with Crippen LogP contribution in [0.3, 0.4) is 0 Å². The molecular formula is C22H21NO7. The van der Waals surface area contributed by atoms with E-state index in [1.54, 1.807) is 32.0 Å². The topological polar surface area (TPSA) is 137 Å². The lowest BCUT2D eigenvalue weighted by Crippen LogP contribution is -2.43. The minimum Gasteiger partial charge on any atom is -0.508 e. The number of amides is 1. The van der Waals surface area contributed by atoms with Crippen LogP contribution in [-0.2, 0) is 22.4 Å². The molecule has 156 valence electrons. The Morgan fingerprint density at radius 3 is 2.33 bits per heavy atom. The lowest BCUT2D eigenvalue weighted by Gasteiger charge is -2.15. The maximum atomic E-state index is 12.5. The van der Waals surface area contributed by atoms with E-state index in [1.807, 2.05) is 0 Å². The smallest absolute Gasteiger partial charge is 0.340 e. The molecule has 0 aliphatic heterocycles. The van der Waals surface area contributed by atoms with E-state index in [0.29, 0.717) is 22.1 Å². The molecule has 0 fully saturated rings. The highest BCUT2D eigenvalue weighted by Crippen LogP contribution is 2.28. The van der Waals surface area contributed by atoms with Gasteiger partial charge in [-0.05, 0) is 49.2 Å². The first-order valence-corrected chi connectivity index (χ1v) is 9.22. The third-order valence-corrected chi connectivity index (χ3v) is 5.02. The van der Waals surface area contributed by atoms with Gasteiger partial charge in [0.05, 0.1) is 12.0 Å². The van der Waals surface area contributed by atoms with Gasteiger partial charge in [-0.25, -0.2) is 9.59 Å². The van der Waals surface area contributed by atoms with Crippen molar-refractivity contribution in [1.29, 1.82) is 0 Å². The van der Waals surface area contributed by atoms with E-state index in [4.69, 9.17) is 4.42 Å². The first-order valence-electron chi connectivity index (χ1n) is 9.22. The molecule has 1 aromatic heterocycles. The maximum absolute atomic E-state index is 12.5. The largest absolute Gasteiger partial charge is 0.508 e. The first kappa shape index (κ1) is 20.9. The Morgan fingerprint density at radius 1 is 1.03 bits per heavy atom. The van der Waals surface area contributed by atoms with Crippen molar-refractivity contribution >= 4 is 22.8 Å². The second-order valence-electron chi connectivity index (χ2n) is 7.09. The Bertz CT molecular complexity index is 1180. The van der Waals surface area contributed by atoms with Crippen LogP contribution in [0.15, 0.2) is 45.6 Å². The number of rotatable bonds is 6. The number of aliphatic carboxylic acids is 1. The number of aromatic hydroxyl groups is 2. The van der Waals surface area contributed by atoms with Gasteiger partial charge in [0, 0.05) is 17.4 Å². The van der Waals surface area contributed by atoms with E-state index in [9.17, 15) is 29.7 Å². The lowest BCUT2D eigenvalue weighted by molar-refractivity contribution is -0.141. The number of carboxylic acid groups (broad SMARTS) is 1. The summed E-state index contributed by atoms with van der Waals surface area (Å²) in [6.07, 6.45) is -0.325. The molecule has 0 radical (unpaired) electrons. The first-order chi connectivity index (χ1) is 14.2. The van der Waals surface area contributed by atoms with Gasteiger partial charge in [-0.2, -0.15) is 0 Å². The molecule has 3 rings (SSSR count). The van der Waals surface area contributed by atoms with Crippen LogP contribution in [-0.4, -0.2) is 33.2 Å². The van der Waals surface area contributed by atoms with Crippen molar-refractivity contribution in [1.82, 2.24) is 5.32 Å². The van der Waals surface area contributed by atoms with Crippen molar-refractivity contribution in [2.45, 2.75) is 32.7 Å². The molecule has 4 N–H and O–H groups in total. The van der Waals surface area contributed by atoms with Crippen LogP contribution in [0, 0.1) is 13.8 Å². The second kappa shape index (κ2) is 8.28. The number of carbonyl (C=O) groups is 2. The van der Waals surface area contributed by atoms with Gasteiger partial charge in [-0.15, -0.1) is 0 Å². The van der Waals surface area contributed by atoms with Crippen LogP contribution < -0.4 is 10.9 Å². The van der Waals surface area contributed by atoms with E-state index in [1.165, 1.54) is 18.2 Å². The number of carbonyl (C=O) groups excluding carboxylic acids is 1. The van der Waals surface area contributed by atoms with Gasteiger partial charge < -0.3 is 25.1 Å². The fourth-order valence-corrected chi connectivity index (χ4v) is 3.26. The monoisotopic (exact) mass is 411 g/mol. The summed E-state index contributed by atoms with van der Waals surface area (Å²) in [6.45, 7) is 3.29. The van der Waals surface area contributed by atoms with Gasteiger partial charge in [-0.1, -0.05) is 12.1 Å². The summed E-state index contributed by atoms with van der Waals surface area (Å²) in [5, 5.41) is 31.6. The molecule has 0 aliphatic carbocycles. The van der Waals surface area contributed by atoms with Crippen molar-refractivity contribution < 1.29 is 29.3 Å². The van der Waals surface area contributed by atoms with Crippen LogP contribution in [0.2, 0.25) is 0 Å². The highest BCUT2D eigenvalue weighted by molar-refractivity contribution is 5.88. The van der Waals surface area contributed by atoms with Crippen LogP contribution in [0.1, 0.15) is 22.3 Å². The van der Waals surface area contributed by atoms with Gasteiger partial charge in [0.15, 0.2) is 0 Å². The molecule has 1 heterocycles. The van der Waals surface area contributed by atoms with E-state index in [2.05, 4.69) is 5.32 Å². The zero-order valence-corrected chi connectivity index (χ0v) is 16.4. The summed E-state index contributed by atoms with van der Waals surface area (Å²) in [4.78, 5) is 36.5. The van der Waals surface area contributed by atoms with Crippen LogP contribution in [0.4, 0.5) is 0 Å². The van der Waals surface area contributed by atoms with E-state index in [-0.39, 0.29) is 35.5 Å². The third-order valence-electron chi connectivity index (χ3n) is 5.02. The Balaban J connectivity index is 1.83. The minimum atomic E-state index is -1.22. The van der Waals surface area contributed by atoms with Crippen molar-refractivity contribution in [3.63, 3.8) is 0 Å². The molecule has 0 bridgehead atoms. The summed E-state index contributed by atoms with van der Waals surface area (Å²) in [7, 11) is 0. The SMILES string of the molecule is Cc1c(CC(=O)NC(Cc2ccc(O)cc2)C(=O)O)c(=O)oc2c(C)c(O)ccc12. The molecule has 1 amide bonds.